The fourth-order valence-corrected chi connectivity index (χ4v) is 2.48. The lowest BCUT2D eigenvalue weighted by Crippen LogP contribution is -2.45. The number of nitrogens with zero attached hydrogens (tertiary/aromatic N) is 4. The van der Waals surface area contributed by atoms with Crippen molar-refractivity contribution in [3.63, 3.8) is 0 Å². The summed E-state index contributed by atoms with van der Waals surface area (Å²) in [6.07, 6.45) is 5.08. The van der Waals surface area contributed by atoms with Crippen molar-refractivity contribution < 1.29 is 4.79 Å². The van der Waals surface area contributed by atoms with E-state index in [0.717, 1.165) is 25.1 Å². The van der Waals surface area contributed by atoms with Gasteiger partial charge in [0.15, 0.2) is 0 Å². The third-order valence-electron chi connectivity index (χ3n) is 3.54. The molecule has 1 saturated heterocycles. The van der Waals surface area contributed by atoms with E-state index in [1.54, 1.807) is 11.0 Å². The molecule has 2 N–H and O–H groups in total. The molecule has 6 nitrogen and oxygen atoms in total. The molecule has 21 heavy (non-hydrogen) atoms. The number of piperidine rings is 1. The van der Waals surface area contributed by atoms with Crippen LogP contribution in [0.4, 0.5) is 0 Å². The molecule has 112 valence electrons. The van der Waals surface area contributed by atoms with Gasteiger partial charge in [0, 0.05) is 24.7 Å². The maximum atomic E-state index is 12.4. The fraction of sp³-hybridized carbons (Fsp3) is 0.357. The first-order valence-corrected chi connectivity index (χ1v) is 6.74. The predicted octanol–water partition coefficient (Wildman–Crippen LogP) is 1.25. The Hall–Kier alpha value is -1.92. The molecule has 1 aliphatic rings. The summed E-state index contributed by atoms with van der Waals surface area (Å²) in [5.41, 5.74) is 7.48. The summed E-state index contributed by atoms with van der Waals surface area (Å²) in [5, 5.41) is 4.05. The van der Waals surface area contributed by atoms with Crippen LogP contribution in [-0.2, 0) is 0 Å². The maximum Gasteiger partial charge on any atom is 0.253 e. The standard InChI is InChI=1S/C14H17N5O.ClH/c15-12-2-1-7-18(8-12)14(20)11-3-5-13(6-4-11)19-10-16-9-17-19;/h3-6,9-10,12H,1-2,7-8,15H2;1H. The summed E-state index contributed by atoms with van der Waals surface area (Å²) in [7, 11) is 0. The van der Waals surface area contributed by atoms with Gasteiger partial charge in [-0.1, -0.05) is 0 Å². The minimum absolute atomic E-state index is 0. The number of halogens is 1. The third kappa shape index (κ3) is 3.40. The van der Waals surface area contributed by atoms with Crippen LogP contribution in [0.15, 0.2) is 36.9 Å². The Morgan fingerprint density at radius 3 is 2.67 bits per heavy atom. The van der Waals surface area contributed by atoms with Crippen molar-refractivity contribution in [3.8, 4) is 5.69 Å². The van der Waals surface area contributed by atoms with Gasteiger partial charge < -0.3 is 10.6 Å². The van der Waals surface area contributed by atoms with Gasteiger partial charge in [-0.05, 0) is 37.1 Å². The number of nitrogens with two attached hydrogens (primary N) is 1. The van der Waals surface area contributed by atoms with E-state index in [2.05, 4.69) is 10.1 Å². The summed E-state index contributed by atoms with van der Waals surface area (Å²) in [6, 6.07) is 7.47. The molecule has 0 saturated carbocycles. The molecular weight excluding hydrogens is 290 g/mol. The normalized spacial score (nSPS) is 18.1. The zero-order valence-corrected chi connectivity index (χ0v) is 12.4. The van der Waals surface area contributed by atoms with Gasteiger partial charge in [0.05, 0.1) is 5.69 Å². The molecule has 0 aliphatic carbocycles. The van der Waals surface area contributed by atoms with Crippen molar-refractivity contribution in [2.45, 2.75) is 18.9 Å². The first-order chi connectivity index (χ1) is 9.74. The van der Waals surface area contributed by atoms with E-state index in [0.29, 0.717) is 12.1 Å². The number of hydrogen-bond donors (Lipinski definition) is 1. The molecule has 7 heteroatoms. The SMILES string of the molecule is Cl.NC1CCCN(C(=O)c2ccc(-n3cncn3)cc2)C1. The average Bonchev–Trinajstić information content (AvgIpc) is 3.01. The molecule has 0 spiro atoms. The first kappa shape index (κ1) is 15.5. The summed E-state index contributed by atoms with van der Waals surface area (Å²) in [4.78, 5) is 18.1. The summed E-state index contributed by atoms with van der Waals surface area (Å²) in [6.45, 7) is 1.43. The van der Waals surface area contributed by atoms with Crippen LogP contribution in [0.25, 0.3) is 5.69 Å². The number of carbonyl (C=O) groups is 1. The van der Waals surface area contributed by atoms with Gasteiger partial charge in [-0.15, -0.1) is 12.4 Å². The Balaban J connectivity index is 0.00000161. The topological polar surface area (TPSA) is 77.0 Å². The van der Waals surface area contributed by atoms with Crippen molar-refractivity contribution in [1.29, 1.82) is 0 Å². The number of carbonyl (C=O) groups excluding carboxylic acids is 1. The molecule has 1 unspecified atom stereocenters. The van der Waals surface area contributed by atoms with Gasteiger partial charge in [-0.3, -0.25) is 4.79 Å². The molecule has 0 radical (unpaired) electrons. The molecule has 1 atom stereocenters. The van der Waals surface area contributed by atoms with Gasteiger partial charge in [0.2, 0.25) is 0 Å². The number of aromatic nitrogens is 3. The Kier molecular flexibility index (Phi) is 4.93. The maximum absolute atomic E-state index is 12.4. The molecule has 1 aromatic heterocycles. The number of likely N-dealkylation sites (tertiary alicyclic amines) is 1. The lowest BCUT2D eigenvalue weighted by atomic mass is 10.1. The highest BCUT2D eigenvalue weighted by Gasteiger charge is 2.22. The van der Waals surface area contributed by atoms with Crippen LogP contribution in [0.2, 0.25) is 0 Å². The average molecular weight is 308 g/mol. The Morgan fingerprint density at radius 2 is 2.05 bits per heavy atom. The van der Waals surface area contributed by atoms with Gasteiger partial charge in [0.1, 0.15) is 12.7 Å². The van der Waals surface area contributed by atoms with Crippen LogP contribution in [0.5, 0.6) is 0 Å². The molecule has 0 bridgehead atoms. The van der Waals surface area contributed by atoms with Crippen molar-refractivity contribution in [1.82, 2.24) is 19.7 Å². The van der Waals surface area contributed by atoms with Crippen LogP contribution in [0.3, 0.4) is 0 Å². The zero-order valence-electron chi connectivity index (χ0n) is 11.6. The lowest BCUT2D eigenvalue weighted by Gasteiger charge is -2.30. The Labute approximate surface area is 129 Å². The van der Waals surface area contributed by atoms with E-state index >= 15 is 0 Å². The van der Waals surface area contributed by atoms with Crippen molar-refractivity contribution in [3.05, 3.63) is 42.5 Å². The van der Waals surface area contributed by atoms with E-state index in [4.69, 9.17) is 5.73 Å². The second kappa shape index (κ2) is 6.69. The lowest BCUT2D eigenvalue weighted by molar-refractivity contribution is 0.0709. The van der Waals surface area contributed by atoms with E-state index in [9.17, 15) is 4.79 Å². The highest BCUT2D eigenvalue weighted by Crippen LogP contribution is 2.14. The smallest absolute Gasteiger partial charge is 0.253 e. The van der Waals surface area contributed by atoms with E-state index in [1.807, 2.05) is 29.2 Å². The number of benzene rings is 1. The van der Waals surface area contributed by atoms with Gasteiger partial charge in [-0.25, -0.2) is 9.67 Å². The summed E-state index contributed by atoms with van der Waals surface area (Å²) in [5.74, 6) is 0.0466. The number of hydrogen-bond acceptors (Lipinski definition) is 4. The second-order valence-corrected chi connectivity index (χ2v) is 5.04. The monoisotopic (exact) mass is 307 g/mol. The van der Waals surface area contributed by atoms with Gasteiger partial charge in [-0.2, -0.15) is 5.10 Å². The Morgan fingerprint density at radius 1 is 1.29 bits per heavy atom. The molecule has 1 aliphatic heterocycles. The van der Waals surface area contributed by atoms with Crippen LogP contribution < -0.4 is 5.73 Å². The molecular formula is C14H18ClN5O. The highest BCUT2D eigenvalue weighted by molar-refractivity contribution is 5.94. The van der Waals surface area contributed by atoms with E-state index < -0.39 is 0 Å². The quantitative estimate of drug-likeness (QED) is 0.906. The van der Waals surface area contributed by atoms with Crippen LogP contribution in [0, 0.1) is 0 Å². The van der Waals surface area contributed by atoms with Crippen LogP contribution >= 0.6 is 12.4 Å². The van der Waals surface area contributed by atoms with Crippen molar-refractivity contribution in [2.24, 2.45) is 5.73 Å². The second-order valence-electron chi connectivity index (χ2n) is 5.04. The van der Waals surface area contributed by atoms with E-state index in [-0.39, 0.29) is 24.4 Å². The van der Waals surface area contributed by atoms with Crippen molar-refractivity contribution in [2.75, 3.05) is 13.1 Å². The Bertz CT molecular complexity index is 584. The zero-order chi connectivity index (χ0) is 13.9. The van der Waals surface area contributed by atoms with Gasteiger partial charge in [0.25, 0.3) is 5.91 Å². The highest BCUT2D eigenvalue weighted by atomic mass is 35.5. The van der Waals surface area contributed by atoms with E-state index in [1.165, 1.54) is 6.33 Å². The van der Waals surface area contributed by atoms with Crippen LogP contribution in [-0.4, -0.2) is 44.7 Å². The molecule has 3 rings (SSSR count). The number of amides is 1. The summed E-state index contributed by atoms with van der Waals surface area (Å²) < 4.78 is 1.66. The predicted molar refractivity (Wildman–Crippen MR) is 81.7 cm³/mol. The van der Waals surface area contributed by atoms with Crippen molar-refractivity contribution >= 4 is 18.3 Å². The molecule has 1 amide bonds. The largest absolute Gasteiger partial charge is 0.337 e. The first-order valence-electron chi connectivity index (χ1n) is 6.74. The minimum Gasteiger partial charge on any atom is -0.337 e. The van der Waals surface area contributed by atoms with Gasteiger partial charge >= 0.3 is 0 Å². The minimum atomic E-state index is 0. The molecule has 2 heterocycles. The fourth-order valence-electron chi connectivity index (χ4n) is 2.48. The number of rotatable bonds is 2. The summed E-state index contributed by atoms with van der Waals surface area (Å²) >= 11 is 0. The molecule has 2 aromatic rings. The third-order valence-corrected chi connectivity index (χ3v) is 3.54. The van der Waals surface area contributed by atoms with Crippen LogP contribution in [0.1, 0.15) is 23.2 Å². The molecule has 1 fully saturated rings. The molecule has 1 aromatic carbocycles.